The zero-order valence-corrected chi connectivity index (χ0v) is 17.2. The van der Waals surface area contributed by atoms with Gasteiger partial charge in [0.25, 0.3) is 11.8 Å². The van der Waals surface area contributed by atoms with E-state index in [2.05, 4.69) is 6.07 Å². The van der Waals surface area contributed by atoms with E-state index in [0.717, 1.165) is 23.4 Å². The molecule has 0 saturated heterocycles. The molecule has 1 heterocycles. The van der Waals surface area contributed by atoms with Crippen molar-refractivity contribution in [2.45, 2.75) is 13.3 Å². The first-order valence-corrected chi connectivity index (χ1v) is 9.99. The predicted molar refractivity (Wildman–Crippen MR) is 118 cm³/mol. The maximum absolute atomic E-state index is 12.6. The number of benzene rings is 3. The van der Waals surface area contributed by atoms with Gasteiger partial charge >= 0.3 is 0 Å². The van der Waals surface area contributed by atoms with Crippen LogP contribution in [-0.4, -0.2) is 32.0 Å². The number of anilines is 2. The van der Waals surface area contributed by atoms with E-state index in [0.29, 0.717) is 17.9 Å². The molecule has 0 unspecified atom stereocenters. The van der Waals surface area contributed by atoms with E-state index < -0.39 is 0 Å². The number of carbonyl (C=O) groups is 2. The number of amides is 2. The molecule has 30 heavy (non-hydrogen) atoms. The van der Waals surface area contributed by atoms with Crippen LogP contribution in [0.5, 0.6) is 5.75 Å². The second-order valence-electron chi connectivity index (χ2n) is 7.44. The highest BCUT2D eigenvalue weighted by molar-refractivity contribution is 6.05. The van der Waals surface area contributed by atoms with Crippen molar-refractivity contribution in [3.05, 3.63) is 89.5 Å². The molecule has 0 radical (unpaired) electrons. The number of fused-ring (bicyclic) bond motifs is 1. The molecule has 0 aromatic heterocycles. The third-order valence-corrected chi connectivity index (χ3v) is 5.38. The average Bonchev–Trinajstić information content (AvgIpc) is 3.22. The first kappa shape index (κ1) is 19.7. The fourth-order valence-electron chi connectivity index (χ4n) is 3.59. The molecule has 2 amide bonds. The third kappa shape index (κ3) is 4.06. The second kappa shape index (κ2) is 8.41. The summed E-state index contributed by atoms with van der Waals surface area (Å²) in [6.07, 6.45) is 0.873. The molecule has 0 bridgehead atoms. The number of nitrogens with zero attached hydrogens (tertiary/aromatic N) is 2. The van der Waals surface area contributed by atoms with Crippen molar-refractivity contribution >= 4 is 23.2 Å². The highest BCUT2D eigenvalue weighted by Crippen LogP contribution is 2.27. The van der Waals surface area contributed by atoms with Crippen molar-refractivity contribution in [3.63, 3.8) is 0 Å². The van der Waals surface area contributed by atoms with Crippen molar-refractivity contribution in [1.29, 1.82) is 0 Å². The van der Waals surface area contributed by atoms with Gasteiger partial charge in [-0.3, -0.25) is 9.59 Å². The maximum atomic E-state index is 12.6. The lowest BCUT2D eigenvalue weighted by molar-refractivity contribution is -0.120. The molecule has 0 atom stereocenters. The van der Waals surface area contributed by atoms with Gasteiger partial charge in [-0.1, -0.05) is 35.9 Å². The van der Waals surface area contributed by atoms with E-state index in [9.17, 15) is 9.59 Å². The van der Waals surface area contributed by atoms with Crippen LogP contribution in [0.15, 0.2) is 72.8 Å². The van der Waals surface area contributed by atoms with E-state index in [1.807, 2.05) is 61.5 Å². The van der Waals surface area contributed by atoms with E-state index in [-0.39, 0.29) is 18.4 Å². The van der Waals surface area contributed by atoms with Gasteiger partial charge in [0.2, 0.25) is 0 Å². The zero-order chi connectivity index (χ0) is 21.1. The van der Waals surface area contributed by atoms with Gasteiger partial charge in [0, 0.05) is 30.5 Å². The Kier molecular flexibility index (Phi) is 5.53. The summed E-state index contributed by atoms with van der Waals surface area (Å²) in [5.74, 6) is 0.456. The lowest BCUT2D eigenvalue weighted by Crippen LogP contribution is -2.33. The van der Waals surface area contributed by atoms with Gasteiger partial charge in [0.05, 0.1) is 0 Å². The van der Waals surface area contributed by atoms with E-state index in [1.54, 1.807) is 29.0 Å². The Morgan fingerprint density at radius 3 is 2.40 bits per heavy atom. The van der Waals surface area contributed by atoms with Gasteiger partial charge in [-0.15, -0.1) is 0 Å². The number of para-hydroxylation sites is 1. The number of hydrogen-bond donors (Lipinski definition) is 0. The predicted octanol–water partition coefficient (Wildman–Crippen LogP) is 4.24. The molecular weight excluding hydrogens is 376 g/mol. The van der Waals surface area contributed by atoms with Gasteiger partial charge in [-0.2, -0.15) is 0 Å². The molecule has 3 aromatic carbocycles. The molecule has 4 rings (SSSR count). The number of aryl methyl sites for hydroxylation is 1. The van der Waals surface area contributed by atoms with Gasteiger partial charge in [-0.05, 0) is 61.4 Å². The van der Waals surface area contributed by atoms with Crippen molar-refractivity contribution < 1.29 is 14.3 Å². The molecule has 1 aliphatic rings. The standard InChI is InChI=1S/C25H24N2O3/c1-18-7-9-20(10-8-18)25(29)26(2)21-11-13-22(14-12-21)30-17-24(28)27-16-15-19-5-3-4-6-23(19)27/h3-14H,15-17H2,1-2H3. The largest absolute Gasteiger partial charge is 0.484 e. The van der Waals surface area contributed by atoms with Crippen molar-refractivity contribution in [2.24, 2.45) is 0 Å². The SMILES string of the molecule is Cc1ccc(C(=O)N(C)c2ccc(OCC(=O)N3CCc4ccccc43)cc2)cc1. The van der Waals surface area contributed by atoms with Gasteiger partial charge in [-0.25, -0.2) is 0 Å². The second-order valence-corrected chi connectivity index (χ2v) is 7.44. The fraction of sp³-hybridized carbons (Fsp3) is 0.200. The molecule has 0 fully saturated rings. The molecule has 0 N–H and O–H groups in total. The topological polar surface area (TPSA) is 49.9 Å². The monoisotopic (exact) mass is 400 g/mol. The van der Waals surface area contributed by atoms with Crippen molar-refractivity contribution in [3.8, 4) is 5.75 Å². The van der Waals surface area contributed by atoms with Crippen LogP contribution in [0.3, 0.4) is 0 Å². The summed E-state index contributed by atoms with van der Waals surface area (Å²) >= 11 is 0. The average molecular weight is 400 g/mol. The molecule has 3 aromatic rings. The molecule has 5 heteroatoms. The van der Waals surface area contributed by atoms with E-state index >= 15 is 0 Å². The van der Waals surface area contributed by atoms with Crippen LogP contribution in [0.2, 0.25) is 0 Å². The summed E-state index contributed by atoms with van der Waals surface area (Å²) in [5.41, 5.74) is 4.67. The van der Waals surface area contributed by atoms with Crippen LogP contribution in [-0.2, 0) is 11.2 Å². The summed E-state index contributed by atoms with van der Waals surface area (Å²) in [5, 5.41) is 0. The number of carbonyl (C=O) groups excluding carboxylic acids is 2. The third-order valence-electron chi connectivity index (χ3n) is 5.38. The molecule has 152 valence electrons. The Hall–Kier alpha value is -3.60. The lowest BCUT2D eigenvalue weighted by atomic mass is 10.1. The minimum atomic E-state index is -0.0773. The lowest BCUT2D eigenvalue weighted by Gasteiger charge is -2.19. The summed E-state index contributed by atoms with van der Waals surface area (Å²) < 4.78 is 5.69. The Labute approximate surface area is 176 Å². The van der Waals surface area contributed by atoms with Crippen LogP contribution in [0, 0.1) is 6.92 Å². The van der Waals surface area contributed by atoms with Gasteiger partial charge in [0.1, 0.15) is 5.75 Å². The Morgan fingerprint density at radius 2 is 1.67 bits per heavy atom. The maximum Gasteiger partial charge on any atom is 0.264 e. The Morgan fingerprint density at radius 1 is 0.967 bits per heavy atom. The van der Waals surface area contributed by atoms with Gasteiger partial charge in [0.15, 0.2) is 6.61 Å². The smallest absolute Gasteiger partial charge is 0.264 e. The molecule has 1 aliphatic heterocycles. The quantitative estimate of drug-likeness (QED) is 0.644. The highest BCUT2D eigenvalue weighted by atomic mass is 16.5. The normalized spacial score (nSPS) is 12.4. The summed E-state index contributed by atoms with van der Waals surface area (Å²) in [4.78, 5) is 28.6. The zero-order valence-electron chi connectivity index (χ0n) is 17.2. The van der Waals surface area contributed by atoms with Crippen LogP contribution in [0.1, 0.15) is 21.5 Å². The van der Waals surface area contributed by atoms with Crippen LogP contribution in [0.4, 0.5) is 11.4 Å². The minimum absolute atomic E-state index is 0.0220. The molecule has 0 spiro atoms. The first-order valence-electron chi connectivity index (χ1n) is 9.99. The summed E-state index contributed by atoms with van der Waals surface area (Å²) in [6.45, 7) is 2.65. The van der Waals surface area contributed by atoms with Crippen LogP contribution in [0.25, 0.3) is 0 Å². The number of ether oxygens (including phenoxy) is 1. The summed E-state index contributed by atoms with van der Waals surface area (Å²) in [7, 11) is 1.74. The molecular formula is C25H24N2O3. The first-order chi connectivity index (χ1) is 14.5. The fourth-order valence-corrected chi connectivity index (χ4v) is 3.59. The van der Waals surface area contributed by atoms with Crippen molar-refractivity contribution in [2.75, 3.05) is 30.0 Å². The Balaban J connectivity index is 1.36. The molecule has 5 nitrogen and oxygen atoms in total. The Bertz CT molecular complexity index is 1060. The van der Waals surface area contributed by atoms with Crippen molar-refractivity contribution in [1.82, 2.24) is 0 Å². The van der Waals surface area contributed by atoms with Crippen LogP contribution >= 0.6 is 0 Å². The number of rotatable bonds is 5. The summed E-state index contributed by atoms with van der Waals surface area (Å²) in [6, 6.07) is 22.6. The van der Waals surface area contributed by atoms with E-state index in [1.165, 1.54) is 5.56 Å². The van der Waals surface area contributed by atoms with E-state index in [4.69, 9.17) is 4.74 Å². The van der Waals surface area contributed by atoms with Gasteiger partial charge < -0.3 is 14.5 Å². The molecule has 0 aliphatic carbocycles. The number of hydrogen-bond acceptors (Lipinski definition) is 3. The van der Waals surface area contributed by atoms with Crippen LogP contribution < -0.4 is 14.5 Å². The molecule has 0 saturated carbocycles. The highest BCUT2D eigenvalue weighted by Gasteiger charge is 2.24. The minimum Gasteiger partial charge on any atom is -0.484 e.